The molecule has 1 aliphatic heterocycles. The Morgan fingerprint density at radius 1 is 1.06 bits per heavy atom. The van der Waals surface area contributed by atoms with Crippen molar-refractivity contribution < 1.29 is 29.3 Å². The van der Waals surface area contributed by atoms with Crippen molar-refractivity contribution in [2.75, 3.05) is 0 Å². The topological polar surface area (TPSA) is 101 Å². The van der Waals surface area contributed by atoms with Gasteiger partial charge in [0.1, 0.15) is 28.6 Å². The first kappa shape index (κ1) is 23.5. The minimum absolute atomic E-state index is 0.0514. The molecular weight excluding hydrogens is 420 g/mol. The third-order valence-corrected chi connectivity index (χ3v) is 7.62. The number of hydrogen-bond acceptors (Lipinski definition) is 6. The maximum absolute atomic E-state index is 13.6. The Morgan fingerprint density at radius 3 is 2.24 bits per heavy atom. The van der Waals surface area contributed by atoms with E-state index < -0.39 is 16.7 Å². The number of aromatic hydroxyl groups is 2. The SMILES string of the molecule is CC(C)CC1C2=C(Oc3c(C(=O)C4CCCC4)c(O)cc(O)c31)C(C)(C)C(=O)C(C)(C)C2=O. The van der Waals surface area contributed by atoms with Crippen LogP contribution in [-0.2, 0) is 9.59 Å². The molecule has 1 saturated carbocycles. The van der Waals surface area contributed by atoms with Crippen molar-refractivity contribution in [1.82, 2.24) is 0 Å². The summed E-state index contributed by atoms with van der Waals surface area (Å²) >= 11 is 0. The number of allylic oxidation sites excluding steroid dienone is 2. The Morgan fingerprint density at radius 2 is 1.67 bits per heavy atom. The van der Waals surface area contributed by atoms with Crippen LogP contribution >= 0.6 is 0 Å². The number of phenolic OH excluding ortho intramolecular Hbond substituents is 2. The molecule has 1 atom stereocenters. The number of fused-ring (bicyclic) bond motifs is 1. The van der Waals surface area contributed by atoms with Gasteiger partial charge in [-0.15, -0.1) is 0 Å². The van der Waals surface area contributed by atoms with E-state index in [1.54, 1.807) is 27.7 Å². The van der Waals surface area contributed by atoms with Gasteiger partial charge in [-0.2, -0.15) is 0 Å². The van der Waals surface area contributed by atoms with Gasteiger partial charge in [0, 0.05) is 29.0 Å². The highest BCUT2D eigenvalue weighted by Crippen LogP contribution is 2.58. The lowest BCUT2D eigenvalue weighted by Crippen LogP contribution is -2.51. The second-order valence-corrected chi connectivity index (χ2v) is 11.3. The molecule has 2 aliphatic carbocycles. The largest absolute Gasteiger partial charge is 0.507 e. The minimum atomic E-state index is -1.23. The number of ether oxygens (including phenoxy) is 1. The molecule has 33 heavy (non-hydrogen) atoms. The van der Waals surface area contributed by atoms with Crippen molar-refractivity contribution in [3.63, 3.8) is 0 Å². The molecule has 3 aliphatic rings. The van der Waals surface area contributed by atoms with Gasteiger partial charge in [0.05, 0.1) is 10.8 Å². The molecule has 1 heterocycles. The summed E-state index contributed by atoms with van der Waals surface area (Å²) in [5, 5.41) is 21.7. The van der Waals surface area contributed by atoms with Crippen LogP contribution in [0.3, 0.4) is 0 Å². The maximum Gasteiger partial charge on any atom is 0.175 e. The lowest BCUT2D eigenvalue weighted by Gasteiger charge is -2.45. The Hall–Kier alpha value is -2.63. The molecule has 0 amide bonds. The monoisotopic (exact) mass is 454 g/mol. The average molecular weight is 455 g/mol. The van der Waals surface area contributed by atoms with Crippen LogP contribution in [0.25, 0.3) is 0 Å². The number of hydrogen-bond donors (Lipinski definition) is 2. The molecule has 0 bridgehead atoms. The van der Waals surface area contributed by atoms with E-state index in [-0.39, 0.29) is 57.8 Å². The van der Waals surface area contributed by atoms with Gasteiger partial charge in [-0.05, 0) is 52.9 Å². The molecule has 0 saturated heterocycles. The van der Waals surface area contributed by atoms with Crippen LogP contribution in [0.4, 0.5) is 0 Å². The minimum Gasteiger partial charge on any atom is -0.507 e. The molecule has 6 heteroatoms. The molecule has 0 aromatic heterocycles. The molecule has 1 fully saturated rings. The highest BCUT2D eigenvalue weighted by atomic mass is 16.5. The molecule has 6 nitrogen and oxygen atoms in total. The van der Waals surface area contributed by atoms with Gasteiger partial charge in [0.15, 0.2) is 17.3 Å². The van der Waals surface area contributed by atoms with Gasteiger partial charge in [0.2, 0.25) is 0 Å². The van der Waals surface area contributed by atoms with E-state index in [2.05, 4.69) is 0 Å². The number of carbonyl (C=O) groups is 3. The predicted octanol–water partition coefficient (Wildman–Crippen LogP) is 5.45. The fourth-order valence-electron chi connectivity index (χ4n) is 5.94. The highest BCUT2D eigenvalue weighted by Gasteiger charge is 2.57. The number of rotatable bonds is 4. The zero-order valence-electron chi connectivity index (χ0n) is 20.4. The molecule has 1 unspecified atom stereocenters. The van der Waals surface area contributed by atoms with E-state index in [9.17, 15) is 24.6 Å². The molecule has 178 valence electrons. The van der Waals surface area contributed by atoms with Crippen LogP contribution in [0, 0.1) is 22.7 Å². The molecule has 2 N–H and O–H groups in total. The molecule has 0 radical (unpaired) electrons. The fraction of sp³-hybridized carbons (Fsp3) is 0.593. The fourth-order valence-corrected chi connectivity index (χ4v) is 5.94. The summed E-state index contributed by atoms with van der Waals surface area (Å²) in [6.45, 7) is 10.8. The number of Topliss-reactive ketones (excluding diaryl/α,β-unsaturated/α-hetero) is 3. The van der Waals surface area contributed by atoms with Gasteiger partial charge in [0.25, 0.3) is 0 Å². The van der Waals surface area contributed by atoms with Gasteiger partial charge >= 0.3 is 0 Å². The standard InChI is InChI=1S/C27H34O6/c1-13(2)11-15-18-16(28)12-17(29)20(21(30)14-9-7-8-10-14)22(18)33-24-19(15)23(31)26(3,4)25(32)27(24,5)6/h12-15,28-29H,7-11H2,1-6H3. The average Bonchev–Trinajstić information content (AvgIpc) is 3.25. The first-order valence-corrected chi connectivity index (χ1v) is 11.9. The van der Waals surface area contributed by atoms with E-state index in [0.29, 0.717) is 17.6 Å². The van der Waals surface area contributed by atoms with E-state index in [1.807, 2.05) is 13.8 Å². The maximum atomic E-state index is 13.6. The van der Waals surface area contributed by atoms with Gasteiger partial charge in [-0.25, -0.2) is 0 Å². The summed E-state index contributed by atoms with van der Waals surface area (Å²) < 4.78 is 6.27. The third-order valence-electron chi connectivity index (χ3n) is 7.62. The number of carbonyl (C=O) groups excluding carboxylic acids is 3. The normalized spacial score (nSPS) is 24.0. The van der Waals surface area contributed by atoms with Crippen LogP contribution in [0.1, 0.15) is 95.5 Å². The molecular formula is C27H34O6. The first-order valence-electron chi connectivity index (χ1n) is 11.9. The lowest BCUT2D eigenvalue weighted by atomic mass is 9.59. The molecule has 0 spiro atoms. The Kier molecular flexibility index (Phi) is 5.50. The van der Waals surface area contributed by atoms with Crippen molar-refractivity contribution in [1.29, 1.82) is 0 Å². The summed E-state index contributed by atoms with van der Waals surface area (Å²) in [4.78, 5) is 40.4. The van der Waals surface area contributed by atoms with Gasteiger partial charge < -0.3 is 14.9 Å². The van der Waals surface area contributed by atoms with Crippen LogP contribution in [0.15, 0.2) is 17.4 Å². The van der Waals surface area contributed by atoms with Crippen LogP contribution in [0.5, 0.6) is 17.2 Å². The van der Waals surface area contributed by atoms with Crippen molar-refractivity contribution in [3.8, 4) is 17.2 Å². The van der Waals surface area contributed by atoms with Crippen LogP contribution in [-0.4, -0.2) is 27.6 Å². The van der Waals surface area contributed by atoms with Gasteiger partial charge in [-0.1, -0.05) is 26.7 Å². The number of phenols is 2. The molecule has 4 rings (SSSR count). The Balaban J connectivity index is 2.00. The van der Waals surface area contributed by atoms with Crippen LogP contribution < -0.4 is 4.74 Å². The van der Waals surface area contributed by atoms with Crippen molar-refractivity contribution in [2.24, 2.45) is 22.7 Å². The Labute approximate surface area is 195 Å². The van der Waals surface area contributed by atoms with Crippen LogP contribution in [0.2, 0.25) is 0 Å². The quantitative estimate of drug-likeness (QED) is 0.463. The summed E-state index contributed by atoms with van der Waals surface area (Å²) in [5.74, 6) is -1.57. The highest BCUT2D eigenvalue weighted by molar-refractivity contribution is 6.20. The summed E-state index contributed by atoms with van der Waals surface area (Å²) in [6.07, 6.45) is 3.92. The predicted molar refractivity (Wildman–Crippen MR) is 123 cm³/mol. The van der Waals surface area contributed by atoms with Crippen molar-refractivity contribution >= 4 is 17.3 Å². The van der Waals surface area contributed by atoms with E-state index in [4.69, 9.17) is 4.74 Å². The number of benzene rings is 1. The Bertz CT molecular complexity index is 1080. The summed E-state index contributed by atoms with van der Waals surface area (Å²) in [5.41, 5.74) is -1.53. The molecule has 1 aromatic rings. The van der Waals surface area contributed by atoms with E-state index in [0.717, 1.165) is 25.7 Å². The smallest absolute Gasteiger partial charge is 0.175 e. The zero-order chi connectivity index (χ0) is 24.5. The first-order chi connectivity index (χ1) is 15.3. The lowest BCUT2D eigenvalue weighted by molar-refractivity contribution is -0.144. The summed E-state index contributed by atoms with van der Waals surface area (Å²) in [6, 6.07) is 1.19. The van der Waals surface area contributed by atoms with Gasteiger partial charge in [-0.3, -0.25) is 14.4 Å². The second-order valence-electron chi connectivity index (χ2n) is 11.3. The summed E-state index contributed by atoms with van der Waals surface area (Å²) in [7, 11) is 0. The van der Waals surface area contributed by atoms with E-state index in [1.165, 1.54) is 6.07 Å². The second kappa shape index (κ2) is 7.71. The molecule has 1 aromatic carbocycles. The number of ketones is 3. The van der Waals surface area contributed by atoms with Crippen molar-refractivity contribution in [3.05, 3.63) is 28.5 Å². The van der Waals surface area contributed by atoms with E-state index >= 15 is 0 Å². The zero-order valence-corrected chi connectivity index (χ0v) is 20.4. The van der Waals surface area contributed by atoms with Crippen molar-refractivity contribution in [2.45, 2.75) is 79.6 Å². The third kappa shape index (κ3) is 3.41.